The second kappa shape index (κ2) is 6.07. The summed E-state index contributed by atoms with van der Waals surface area (Å²) in [7, 11) is -3.24. The Balaban J connectivity index is 1.92. The predicted octanol–water partition coefficient (Wildman–Crippen LogP) is 2.47. The molecule has 0 radical (unpaired) electrons. The molecule has 2 aliphatic rings. The van der Waals surface area contributed by atoms with Gasteiger partial charge in [0.15, 0.2) is 0 Å². The molecule has 4 nitrogen and oxygen atoms in total. The van der Waals surface area contributed by atoms with E-state index in [-0.39, 0.29) is 17.9 Å². The Bertz CT molecular complexity index is 599. The molecule has 0 bridgehead atoms. The van der Waals surface area contributed by atoms with Crippen LogP contribution in [0.15, 0.2) is 24.3 Å². The summed E-state index contributed by atoms with van der Waals surface area (Å²) < 4.78 is 32.8. The molecule has 1 aromatic rings. The molecular formula is C16H23NO3S. The first kappa shape index (κ1) is 15.0. The van der Waals surface area contributed by atoms with E-state index in [0.717, 1.165) is 36.8 Å². The molecule has 21 heavy (non-hydrogen) atoms. The van der Waals surface area contributed by atoms with E-state index in [2.05, 4.69) is 0 Å². The molecule has 1 aromatic carbocycles. The lowest BCUT2D eigenvalue weighted by Crippen LogP contribution is -2.47. The fourth-order valence-electron chi connectivity index (χ4n) is 3.40. The van der Waals surface area contributed by atoms with Crippen LogP contribution in [0.2, 0.25) is 0 Å². The molecule has 0 N–H and O–H groups in total. The third-order valence-corrected chi connectivity index (χ3v) is 6.45. The van der Waals surface area contributed by atoms with Crippen molar-refractivity contribution < 1.29 is 13.2 Å². The molecule has 0 aromatic heterocycles. The van der Waals surface area contributed by atoms with Crippen molar-refractivity contribution in [2.24, 2.45) is 0 Å². The van der Waals surface area contributed by atoms with Crippen LogP contribution in [0.4, 0.5) is 0 Å². The molecular weight excluding hydrogens is 286 g/mol. The lowest BCUT2D eigenvalue weighted by atomic mass is 9.92. The number of sulfonamides is 1. The minimum atomic E-state index is -3.24. The Labute approximate surface area is 127 Å². The van der Waals surface area contributed by atoms with Gasteiger partial charge in [-0.15, -0.1) is 0 Å². The second-order valence-electron chi connectivity index (χ2n) is 6.05. The van der Waals surface area contributed by atoms with Crippen LogP contribution in [0.25, 0.3) is 0 Å². The zero-order valence-electron chi connectivity index (χ0n) is 12.5. The molecule has 1 aliphatic carbocycles. The summed E-state index contributed by atoms with van der Waals surface area (Å²) in [5.74, 6) is 0.103. The van der Waals surface area contributed by atoms with Gasteiger partial charge in [-0.2, -0.15) is 4.31 Å². The Morgan fingerprint density at radius 1 is 1.24 bits per heavy atom. The highest BCUT2D eigenvalue weighted by Crippen LogP contribution is 2.31. The van der Waals surface area contributed by atoms with Crippen molar-refractivity contribution in [3.63, 3.8) is 0 Å². The number of rotatable bonds is 2. The average Bonchev–Trinajstić information content (AvgIpc) is 2.58. The van der Waals surface area contributed by atoms with Gasteiger partial charge >= 0.3 is 0 Å². The summed E-state index contributed by atoms with van der Waals surface area (Å²) in [5, 5.41) is 0. The summed E-state index contributed by atoms with van der Waals surface area (Å²) in [6.45, 7) is 2.84. The zero-order chi connectivity index (χ0) is 14.9. The van der Waals surface area contributed by atoms with Gasteiger partial charge in [-0.25, -0.2) is 8.42 Å². The van der Waals surface area contributed by atoms with E-state index in [1.165, 1.54) is 0 Å². The van der Waals surface area contributed by atoms with Gasteiger partial charge < -0.3 is 4.74 Å². The fraction of sp³-hybridized carbons (Fsp3) is 0.625. The van der Waals surface area contributed by atoms with E-state index >= 15 is 0 Å². The highest BCUT2D eigenvalue weighted by atomic mass is 32.2. The van der Waals surface area contributed by atoms with Crippen molar-refractivity contribution in [3.8, 4) is 0 Å². The summed E-state index contributed by atoms with van der Waals surface area (Å²) in [6, 6.07) is 8.03. The van der Waals surface area contributed by atoms with Crippen molar-refractivity contribution in [1.29, 1.82) is 0 Å². The highest BCUT2D eigenvalue weighted by molar-refractivity contribution is 7.89. The zero-order valence-corrected chi connectivity index (χ0v) is 13.3. The van der Waals surface area contributed by atoms with Crippen molar-refractivity contribution >= 4 is 10.0 Å². The average molecular weight is 309 g/mol. The van der Waals surface area contributed by atoms with Crippen molar-refractivity contribution in [3.05, 3.63) is 35.4 Å². The smallest absolute Gasteiger partial charge is 0.217 e. The molecule has 3 rings (SSSR count). The van der Waals surface area contributed by atoms with Crippen LogP contribution in [-0.2, 0) is 21.3 Å². The van der Waals surface area contributed by atoms with Gasteiger partial charge in [-0.05, 0) is 30.9 Å². The van der Waals surface area contributed by atoms with Gasteiger partial charge in [0.2, 0.25) is 10.0 Å². The Morgan fingerprint density at radius 3 is 2.81 bits per heavy atom. The third kappa shape index (κ3) is 3.15. The second-order valence-corrected chi connectivity index (χ2v) is 8.09. The molecule has 0 amide bonds. The van der Waals surface area contributed by atoms with Crippen molar-refractivity contribution in [2.75, 3.05) is 12.4 Å². The summed E-state index contributed by atoms with van der Waals surface area (Å²) in [4.78, 5) is 0. The number of hydrogen-bond acceptors (Lipinski definition) is 3. The third-order valence-electron chi connectivity index (χ3n) is 4.66. The van der Waals surface area contributed by atoms with E-state index in [4.69, 9.17) is 4.74 Å². The molecule has 5 heteroatoms. The van der Waals surface area contributed by atoms with Gasteiger partial charge in [-0.1, -0.05) is 37.1 Å². The number of hydrogen-bond donors (Lipinski definition) is 0. The van der Waals surface area contributed by atoms with E-state index in [1.807, 2.05) is 31.2 Å². The predicted molar refractivity (Wildman–Crippen MR) is 82.5 cm³/mol. The maximum Gasteiger partial charge on any atom is 0.217 e. The number of fused-ring (bicyclic) bond motifs is 1. The van der Waals surface area contributed by atoms with E-state index in [1.54, 1.807) is 4.31 Å². The van der Waals surface area contributed by atoms with E-state index in [9.17, 15) is 8.42 Å². The quantitative estimate of drug-likeness (QED) is 0.843. The van der Waals surface area contributed by atoms with Crippen LogP contribution in [-0.4, -0.2) is 37.2 Å². The Kier molecular flexibility index (Phi) is 4.33. The van der Waals surface area contributed by atoms with Crippen LogP contribution in [0.1, 0.15) is 36.8 Å². The molecule has 116 valence electrons. The molecule has 2 fully saturated rings. The number of ether oxygens (including phenoxy) is 1. The first-order valence-corrected chi connectivity index (χ1v) is 9.34. The molecule has 1 heterocycles. The Morgan fingerprint density at radius 2 is 2.00 bits per heavy atom. The van der Waals surface area contributed by atoms with Gasteiger partial charge in [0.25, 0.3) is 0 Å². The van der Waals surface area contributed by atoms with Gasteiger partial charge in [0.05, 0.1) is 24.5 Å². The molecule has 1 saturated heterocycles. The summed E-state index contributed by atoms with van der Waals surface area (Å²) in [5.41, 5.74) is 2.23. The molecule has 2 atom stereocenters. The SMILES string of the molecule is Cc1ccccc1CN1[C@H]2CCCC[C@@H]2OCCS1(=O)=O. The Hall–Kier alpha value is -0.910. The van der Waals surface area contributed by atoms with Crippen LogP contribution in [0.3, 0.4) is 0 Å². The summed E-state index contributed by atoms with van der Waals surface area (Å²) >= 11 is 0. The van der Waals surface area contributed by atoms with Crippen LogP contribution in [0, 0.1) is 6.92 Å². The topological polar surface area (TPSA) is 46.6 Å². The molecule has 1 saturated carbocycles. The van der Waals surface area contributed by atoms with E-state index < -0.39 is 10.0 Å². The van der Waals surface area contributed by atoms with E-state index in [0.29, 0.717) is 13.2 Å². The summed E-state index contributed by atoms with van der Waals surface area (Å²) in [6.07, 6.45) is 4.18. The molecule has 1 aliphatic heterocycles. The lowest BCUT2D eigenvalue weighted by molar-refractivity contribution is -0.00104. The van der Waals surface area contributed by atoms with Gasteiger partial charge in [0, 0.05) is 6.54 Å². The van der Waals surface area contributed by atoms with Gasteiger partial charge in [-0.3, -0.25) is 0 Å². The van der Waals surface area contributed by atoms with Crippen molar-refractivity contribution in [2.45, 2.75) is 51.3 Å². The largest absolute Gasteiger partial charge is 0.375 e. The molecule has 0 unspecified atom stereocenters. The normalized spacial score (nSPS) is 29.6. The first-order valence-electron chi connectivity index (χ1n) is 7.73. The maximum atomic E-state index is 12.6. The van der Waals surface area contributed by atoms with Crippen molar-refractivity contribution in [1.82, 2.24) is 4.31 Å². The monoisotopic (exact) mass is 309 g/mol. The first-order chi connectivity index (χ1) is 10.1. The van der Waals surface area contributed by atoms with Crippen LogP contribution >= 0.6 is 0 Å². The maximum absolute atomic E-state index is 12.6. The standard InChI is InChI=1S/C16H23NO3S/c1-13-6-2-3-7-14(13)12-17-15-8-4-5-9-16(15)20-10-11-21(17,18)19/h2-3,6-7,15-16H,4-5,8-12H2,1H3/t15-,16-/m0/s1. The van der Waals surface area contributed by atoms with Crippen LogP contribution in [0.5, 0.6) is 0 Å². The highest BCUT2D eigenvalue weighted by Gasteiger charge is 2.39. The minimum absolute atomic E-state index is 0.00542. The number of nitrogens with zero attached hydrogens (tertiary/aromatic N) is 1. The number of aryl methyl sites for hydroxylation is 1. The number of benzene rings is 1. The molecule has 0 spiro atoms. The lowest BCUT2D eigenvalue weighted by Gasteiger charge is -2.36. The fourth-order valence-corrected chi connectivity index (χ4v) is 4.93. The van der Waals surface area contributed by atoms with Gasteiger partial charge in [0.1, 0.15) is 0 Å². The minimum Gasteiger partial charge on any atom is -0.375 e. The van der Waals surface area contributed by atoms with Crippen LogP contribution < -0.4 is 0 Å².